The van der Waals surface area contributed by atoms with E-state index in [2.05, 4.69) is 10.0 Å². The molecule has 0 atom stereocenters. The molecular formula is C19H21FN4O5S. The van der Waals surface area contributed by atoms with Crippen LogP contribution in [0.15, 0.2) is 47.4 Å². The lowest BCUT2D eigenvalue weighted by Gasteiger charge is -2.32. The second kappa shape index (κ2) is 8.76. The third-order valence-corrected chi connectivity index (χ3v) is 6.48. The van der Waals surface area contributed by atoms with Gasteiger partial charge in [-0.3, -0.25) is 14.9 Å². The molecule has 1 amide bonds. The summed E-state index contributed by atoms with van der Waals surface area (Å²) in [5.41, 5.74) is 0.487. The quantitative estimate of drug-likeness (QED) is 0.530. The summed E-state index contributed by atoms with van der Waals surface area (Å²) in [7, 11) is -2.18. The number of sulfonamides is 1. The van der Waals surface area contributed by atoms with E-state index in [9.17, 15) is 27.7 Å². The molecule has 0 aliphatic carbocycles. The molecule has 0 saturated carbocycles. The first-order valence-electron chi connectivity index (χ1n) is 9.24. The smallest absolute Gasteiger partial charge is 0.270 e. The summed E-state index contributed by atoms with van der Waals surface area (Å²) in [4.78, 5) is 24.9. The largest absolute Gasteiger partial charge is 0.387 e. The van der Waals surface area contributed by atoms with Crippen LogP contribution in [0.5, 0.6) is 0 Å². The fraction of sp³-hybridized carbons (Fsp3) is 0.316. The summed E-state index contributed by atoms with van der Waals surface area (Å²) in [5, 5.41) is 13.9. The zero-order valence-corrected chi connectivity index (χ0v) is 17.0. The van der Waals surface area contributed by atoms with Gasteiger partial charge in [0.25, 0.3) is 11.6 Å². The molecule has 0 aromatic heterocycles. The highest BCUT2D eigenvalue weighted by atomic mass is 32.2. The molecule has 1 aliphatic rings. The molecular weight excluding hydrogens is 415 g/mol. The molecule has 1 fully saturated rings. The summed E-state index contributed by atoms with van der Waals surface area (Å²) in [6.45, 7) is 0.586. The van der Waals surface area contributed by atoms with E-state index in [0.29, 0.717) is 31.6 Å². The minimum Gasteiger partial charge on any atom is -0.387 e. The van der Waals surface area contributed by atoms with E-state index >= 15 is 0 Å². The topological polar surface area (TPSA) is 122 Å². The molecule has 0 bridgehead atoms. The van der Waals surface area contributed by atoms with Crippen molar-refractivity contribution in [1.29, 1.82) is 0 Å². The second-order valence-corrected chi connectivity index (χ2v) is 8.59. The number of nitrogens with zero attached hydrogens (tertiary/aromatic N) is 2. The fourth-order valence-electron chi connectivity index (χ4n) is 3.31. The Morgan fingerprint density at radius 2 is 1.80 bits per heavy atom. The fourth-order valence-corrected chi connectivity index (χ4v) is 4.62. The van der Waals surface area contributed by atoms with E-state index < -0.39 is 20.8 Å². The standard InChI is InChI=1S/C19H21FN4O5S/c1-21-18-7-4-15(24(26)27)12-17(18)19(25)23-10-8-14(9-11-23)22-30(28,29)16-5-2-13(20)3-6-16/h2-7,12,14,21-22H,8-11H2,1H3. The third-order valence-electron chi connectivity index (χ3n) is 4.94. The van der Waals surface area contributed by atoms with Gasteiger partial charge in [-0.15, -0.1) is 0 Å². The van der Waals surface area contributed by atoms with Crippen molar-refractivity contribution in [3.05, 3.63) is 64.0 Å². The molecule has 160 valence electrons. The molecule has 3 rings (SSSR count). The number of hydrogen-bond donors (Lipinski definition) is 2. The van der Waals surface area contributed by atoms with Gasteiger partial charge >= 0.3 is 0 Å². The van der Waals surface area contributed by atoms with Crippen molar-refractivity contribution in [2.24, 2.45) is 0 Å². The highest BCUT2D eigenvalue weighted by Gasteiger charge is 2.28. The van der Waals surface area contributed by atoms with Gasteiger partial charge in [-0.05, 0) is 43.2 Å². The Bertz CT molecular complexity index is 1050. The van der Waals surface area contributed by atoms with Crippen LogP contribution in [0, 0.1) is 15.9 Å². The zero-order chi connectivity index (χ0) is 21.9. The molecule has 2 aromatic carbocycles. The normalized spacial score (nSPS) is 15.1. The maximum atomic E-state index is 13.0. The summed E-state index contributed by atoms with van der Waals surface area (Å²) < 4.78 is 40.5. The van der Waals surface area contributed by atoms with Crippen LogP contribution in [0.4, 0.5) is 15.8 Å². The van der Waals surface area contributed by atoms with Crippen molar-refractivity contribution in [3.63, 3.8) is 0 Å². The van der Waals surface area contributed by atoms with E-state index in [1.165, 1.54) is 30.3 Å². The lowest BCUT2D eigenvalue weighted by Crippen LogP contribution is -2.46. The van der Waals surface area contributed by atoms with Crippen LogP contribution < -0.4 is 10.0 Å². The molecule has 2 aromatic rings. The lowest BCUT2D eigenvalue weighted by molar-refractivity contribution is -0.384. The van der Waals surface area contributed by atoms with Crippen molar-refractivity contribution in [1.82, 2.24) is 9.62 Å². The van der Waals surface area contributed by atoms with Gasteiger partial charge in [-0.2, -0.15) is 0 Å². The highest BCUT2D eigenvalue weighted by Crippen LogP contribution is 2.25. The first-order valence-corrected chi connectivity index (χ1v) is 10.7. The predicted molar refractivity (Wildman–Crippen MR) is 108 cm³/mol. The van der Waals surface area contributed by atoms with Crippen molar-refractivity contribution in [2.45, 2.75) is 23.8 Å². The number of amides is 1. The number of nitro groups is 1. The van der Waals surface area contributed by atoms with Crippen LogP contribution in [0.25, 0.3) is 0 Å². The number of non-ortho nitro benzene ring substituents is 1. The predicted octanol–water partition coefficient (Wildman–Crippen LogP) is 2.36. The Morgan fingerprint density at radius 3 is 2.37 bits per heavy atom. The molecule has 1 saturated heterocycles. The molecule has 9 nitrogen and oxygen atoms in total. The molecule has 1 heterocycles. The number of benzene rings is 2. The summed E-state index contributed by atoms with van der Waals surface area (Å²) in [6.07, 6.45) is 0.770. The van der Waals surface area contributed by atoms with E-state index in [1.807, 2.05) is 0 Å². The van der Waals surface area contributed by atoms with Gasteiger partial charge in [0, 0.05) is 44.0 Å². The van der Waals surface area contributed by atoms with Crippen LogP contribution >= 0.6 is 0 Å². The average Bonchev–Trinajstić information content (AvgIpc) is 2.73. The van der Waals surface area contributed by atoms with Crippen molar-refractivity contribution in [3.8, 4) is 0 Å². The van der Waals surface area contributed by atoms with Gasteiger partial charge in [0.15, 0.2) is 0 Å². The SMILES string of the molecule is CNc1ccc([N+](=O)[O-])cc1C(=O)N1CCC(NS(=O)(=O)c2ccc(F)cc2)CC1. The Balaban J connectivity index is 1.67. The number of nitro benzene ring substituents is 1. The number of nitrogens with one attached hydrogen (secondary N) is 2. The highest BCUT2D eigenvalue weighted by molar-refractivity contribution is 7.89. The number of anilines is 1. The van der Waals surface area contributed by atoms with Crippen molar-refractivity contribution in [2.75, 3.05) is 25.5 Å². The van der Waals surface area contributed by atoms with Crippen molar-refractivity contribution >= 4 is 27.3 Å². The third kappa shape index (κ3) is 4.74. The monoisotopic (exact) mass is 436 g/mol. The minimum atomic E-state index is -3.80. The van der Waals surface area contributed by atoms with Crippen LogP contribution in [0.2, 0.25) is 0 Å². The molecule has 0 unspecified atom stereocenters. The maximum absolute atomic E-state index is 13.0. The number of piperidine rings is 1. The number of likely N-dealkylation sites (tertiary alicyclic amines) is 1. The average molecular weight is 436 g/mol. The molecule has 0 spiro atoms. The first kappa shape index (κ1) is 21.7. The van der Waals surface area contributed by atoms with Crippen LogP contribution in [0.3, 0.4) is 0 Å². The Kier molecular flexibility index (Phi) is 6.32. The Labute approximate surface area is 173 Å². The van der Waals surface area contributed by atoms with Crippen LogP contribution in [0.1, 0.15) is 23.2 Å². The number of hydrogen-bond acceptors (Lipinski definition) is 6. The van der Waals surface area contributed by atoms with Gasteiger partial charge in [0.1, 0.15) is 5.82 Å². The van der Waals surface area contributed by atoms with E-state index in [0.717, 1.165) is 12.1 Å². The van der Waals surface area contributed by atoms with Gasteiger partial charge in [-0.25, -0.2) is 17.5 Å². The first-order chi connectivity index (χ1) is 14.2. The number of carbonyl (C=O) groups is 1. The number of halogens is 1. The number of rotatable bonds is 6. The van der Waals surface area contributed by atoms with Crippen molar-refractivity contribution < 1.29 is 22.5 Å². The summed E-state index contributed by atoms with van der Waals surface area (Å²) >= 11 is 0. The Hall–Kier alpha value is -3.05. The second-order valence-electron chi connectivity index (χ2n) is 6.88. The van der Waals surface area contributed by atoms with E-state index in [1.54, 1.807) is 11.9 Å². The lowest BCUT2D eigenvalue weighted by atomic mass is 10.0. The molecule has 0 radical (unpaired) electrons. The number of carbonyl (C=O) groups excluding carboxylic acids is 1. The van der Waals surface area contributed by atoms with Crippen LogP contribution in [-0.4, -0.2) is 50.3 Å². The van der Waals surface area contributed by atoms with Gasteiger partial charge < -0.3 is 10.2 Å². The minimum absolute atomic E-state index is 0.0299. The van der Waals surface area contributed by atoms with Crippen LogP contribution in [-0.2, 0) is 10.0 Å². The van der Waals surface area contributed by atoms with E-state index in [-0.39, 0.29) is 28.1 Å². The Morgan fingerprint density at radius 1 is 1.17 bits per heavy atom. The molecule has 2 N–H and O–H groups in total. The molecule has 30 heavy (non-hydrogen) atoms. The van der Waals surface area contributed by atoms with Gasteiger partial charge in [0.05, 0.1) is 15.4 Å². The molecule has 11 heteroatoms. The maximum Gasteiger partial charge on any atom is 0.270 e. The molecule has 1 aliphatic heterocycles. The van der Waals surface area contributed by atoms with Gasteiger partial charge in [-0.1, -0.05) is 0 Å². The summed E-state index contributed by atoms with van der Waals surface area (Å²) in [5.74, 6) is -0.884. The summed E-state index contributed by atoms with van der Waals surface area (Å²) in [6, 6.07) is 8.20. The van der Waals surface area contributed by atoms with E-state index in [4.69, 9.17) is 0 Å². The van der Waals surface area contributed by atoms with Gasteiger partial charge in [0.2, 0.25) is 10.0 Å². The zero-order valence-electron chi connectivity index (χ0n) is 16.2.